The second-order valence-electron chi connectivity index (χ2n) is 11.8. The number of benzene rings is 1. The van der Waals surface area contributed by atoms with Gasteiger partial charge in [-0.2, -0.15) is 0 Å². The van der Waals surface area contributed by atoms with Crippen LogP contribution in [-0.4, -0.2) is 91.5 Å². The van der Waals surface area contributed by atoms with E-state index >= 15 is 0 Å². The quantitative estimate of drug-likeness (QED) is 0.405. The van der Waals surface area contributed by atoms with Crippen molar-refractivity contribution in [1.29, 1.82) is 0 Å². The molecule has 1 aromatic carbocycles. The molecule has 10 nitrogen and oxygen atoms in total. The van der Waals surface area contributed by atoms with Gasteiger partial charge in [-0.1, -0.05) is 17.8 Å². The predicted octanol–water partition coefficient (Wildman–Crippen LogP) is 2.80. The standard InChI is InChI=1S/C30H42N6O4S/c1-18(2)40-21-10-11-22(19(3)16-21)36-23-12-13-31-29-25(23)26(33-30(36)39)27(41-29)28(38)32-20-8-6-15-35(17-20)24(37)9-7-14-34(4)5/h7,9-11,16,18,20,23,25,29,31H,6,8,12-15,17H2,1-5H3,(H,32,38)(H,33,39)/b9-7+/t20-,23?,25?,29?/m1/s1. The number of nitrogens with zero attached hydrogens (tertiary/aromatic N) is 3. The molecule has 3 N–H and O–H groups in total. The molecule has 0 spiro atoms. The van der Waals surface area contributed by atoms with E-state index in [0.29, 0.717) is 30.2 Å². The Morgan fingerprint density at radius 1 is 1.27 bits per heavy atom. The Morgan fingerprint density at radius 2 is 2.07 bits per heavy atom. The molecule has 0 aromatic heterocycles. The number of hydrogen-bond donors (Lipinski definition) is 3. The number of nitrogens with one attached hydrogen (secondary N) is 3. The van der Waals surface area contributed by atoms with Gasteiger partial charge in [0.15, 0.2) is 0 Å². The van der Waals surface area contributed by atoms with E-state index in [9.17, 15) is 14.4 Å². The Balaban J connectivity index is 1.30. The van der Waals surface area contributed by atoms with E-state index in [-0.39, 0.29) is 47.3 Å². The number of rotatable bonds is 8. The van der Waals surface area contributed by atoms with Crippen LogP contribution in [-0.2, 0) is 9.59 Å². The molecule has 4 amide bonds. The highest BCUT2D eigenvalue weighted by Crippen LogP contribution is 2.48. The lowest BCUT2D eigenvalue weighted by Crippen LogP contribution is -2.62. The summed E-state index contributed by atoms with van der Waals surface area (Å²) in [5.74, 6) is 0.553. The summed E-state index contributed by atoms with van der Waals surface area (Å²) in [7, 11) is 3.92. The zero-order chi connectivity index (χ0) is 29.3. The highest BCUT2D eigenvalue weighted by molar-refractivity contribution is 8.04. The number of likely N-dealkylation sites (N-methyl/N-ethyl adjacent to an activating group) is 1. The predicted molar refractivity (Wildman–Crippen MR) is 162 cm³/mol. The second kappa shape index (κ2) is 12.5. The van der Waals surface area contributed by atoms with Gasteiger partial charge in [-0.25, -0.2) is 4.79 Å². The van der Waals surface area contributed by atoms with Crippen LogP contribution in [0.2, 0.25) is 0 Å². The number of thioether (sulfide) groups is 1. The number of likely N-dealkylation sites (tertiary alicyclic amines) is 1. The molecule has 4 aliphatic heterocycles. The van der Waals surface area contributed by atoms with Gasteiger partial charge < -0.3 is 30.5 Å². The highest BCUT2D eigenvalue weighted by Gasteiger charge is 2.52. The molecule has 0 bridgehead atoms. The molecular formula is C30H42N6O4S. The first-order chi connectivity index (χ1) is 19.6. The molecular weight excluding hydrogens is 540 g/mol. The first-order valence-corrected chi connectivity index (χ1v) is 15.4. The van der Waals surface area contributed by atoms with Gasteiger partial charge in [-0.3, -0.25) is 14.5 Å². The van der Waals surface area contributed by atoms with Crippen molar-refractivity contribution in [3.05, 3.63) is 46.5 Å². The number of carbonyl (C=O) groups is 3. The molecule has 3 saturated heterocycles. The van der Waals surface area contributed by atoms with Crippen molar-refractivity contribution in [2.24, 2.45) is 5.92 Å². The van der Waals surface area contributed by atoms with Crippen LogP contribution in [0.4, 0.5) is 10.5 Å². The van der Waals surface area contributed by atoms with Crippen molar-refractivity contribution < 1.29 is 19.1 Å². The fourth-order valence-corrected chi connectivity index (χ4v) is 7.56. The Labute approximate surface area is 246 Å². The van der Waals surface area contributed by atoms with Crippen molar-refractivity contribution in [2.75, 3.05) is 45.2 Å². The molecule has 4 aliphatic rings. The van der Waals surface area contributed by atoms with E-state index in [1.54, 1.807) is 11.0 Å². The summed E-state index contributed by atoms with van der Waals surface area (Å²) in [6, 6.07) is 5.44. The summed E-state index contributed by atoms with van der Waals surface area (Å²) in [6.45, 7) is 8.61. The fraction of sp³-hybridized carbons (Fsp3) is 0.567. The van der Waals surface area contributed by atoms with Crippen molar-refractivity contribution in [3.8, 4) is 5.75 Å². The zero-order valence-electron chi connectivity index (χ0n) is 24.6. The monoisotopic (exact) mass is 582 g/mol. The van der Waals surface area contributed by atoms with Crippen molar-refractivity contribution in [1.82, 2.24) is 25.8 Å². The smallest absolute Gasteiger partial charge is 0.326 e. The SMILES string of the molecule is Cc1cc(OC(C)C)ccc1N1C(=O)NC2=C(C(=O)N[C@@H]3CCCN(C(=O)/C=C/CN(C)C)C3)SC3NCCC1C23. The maximum Gasteiger partial charge on any atom is 0.326 e. The van der Waals surface area contributed by atoms with Crippen LogP contribution >= 0.6 is 11.8 Å². The van der Waals surface area contributed by atoms with E-state index < -0.39 is 0 Å². The van der Waals surface area contributed by atoms with Gasteiger partial charge in [-0.05, 0) is 84.4 Å². The molecule has 11 heteroatoms. The van der Waals surface area contributed by atoms with E-state index in [1.165, 1.54) is 11.8 Å². The minimum Gasteiger partial charge on any atom is -0.491 e. The van der Waals surface area contributed by atoms with E-state index in [1.807, 2.05) is 68.9 Å². The molecule has 4 atom stereocenters. The van der Waals surface area contributed by atoms with E-state index in [4.69, 9.17) is 4.74 Å². The third-order valence-electron chi connectivity index (χ3n) is 7.95. The summed E-state index contributed by atoms with van der Waals surface area (Å²) in [5.41, 5.74) is 2.54. The van der Waals surface area contributed by atoms with Crippen LogP contribution in [0.15, 0.2) is 41.0 Å². The van der Waals surface area contributed by atoms with Gasteiger partial charge in [0.2, 0.25) is 5.91 Å². The second-order valence-corrected chi connectivity index (χ2v) is 12.9. The average Bonchev–Trinajstić information content (AvgIpc) is 3.29. The van der Waals surface area contributed by atoms with Gasteiger partial charge in [0, 0.05) is 49.1 Å². The first kappa shape index (κ1) is 29.5. The number of aryl methyl sites for hydroxylation is 1. The maximum atomic E-state index is 13.6. The Hall–Kier alpha value is -3.02. The van der Waals surface area contributed by atoms with Crippen LogP contribution in [0, 0.1) is 12.8 Å². The number of amides is 4. The van der Waals surface area contributed by atoms with Gasteiger partial charge in [-0.15, -0.1) is 0 Å². The van der Waals surface area contributed by atoms with Crippen LogP contribution in [0.3, 0.4) is 0 Å². The molecule has 3 fully saturated rings. The molecule has 0 aliphatic carbocycles. The van der Waals surface area contributed by atoms with Gasteiger partial charge in [0.1, 0.15) is 5.75 Å². The van der Waals surface area contributed by atoms with Gasteiger partial charge >= 0.3 is 6.03 Å². The number of anilines is 1. The summed E-state index contributed by atoms with van der Waals surface area (Å²) in [4.78, 5) is 46.1. The average molecular weight is 583 g/mol. The number of hydrogen-bond acceptors (Lipinski definition) is 7. The minimum absolute atomic E-state index is 0.00252. The Kier molecular flexibility index (Phi) is 8.96. The molecule has 0 radical (unpaired) electrons. The van der Waals surface area contributed by atoms with Crippen molar-refractivity contribution >= 4 is 35.3 Å². The van der Waals surface area contributed by atoms with Crippen molar-refractivity contribution in [2.45, 2.75) is 63.6 Å². The summed E-state index contributed by atoms with van der Waals surface area (Å²) < 4.78 is 5.85. The third kappa shape index (κ3) is 6.42. The topological polar surface area (TPSA) is 106 Å². The van der Waals surface area contributed by atoms with Crippen LogP contribution in [0.5, 0.6) is 5.75 Å². The number of urea groups is 1. The zero-order valence-corrected chi connectivity index (χ0v) is 25.4. The lowest BCUT2D eigenvalue weighted by Gasteiger charge is -2.46. The Morgan fingerprint density at radius 3 is 2.80 bits per heavy atom. The van der Waals surface area contributed by atoms with Gasteiger partial charge in [0.25, 0.3) is 5.91 Å². The molecule has 222 valence electrons. The lowest BCUT2D eigenvalue weighted by molar-refractivity contribution is -0.128. The van der Waals surface area contributed by atoms with Crippen LogP contribution in [0.1, 0.15) is 38.7 Å². The van der Waals surface area contributed by atoms with Crippen LogP contribution < -0.4 is 25.6 Å². The van der Waals surface area contributed by atoms with E-state index in [0.717, 1.165) is 42.8 Å². The molecule has 4 heterocycles. The minimum atomic E-state index is -0.214. The molecule has 0 saturated carbocycles. The molecule has 1 aromatic rings. The molecule has 41 heavy (non-hydrogen) atoms. The van der Waals surface area contributed by atoms with Gasteiger partial charge in [0.05, 0.1) is 22.4 Å². The highest BCUT2D eigenvalue weighted by atomic mass is 32.2. The Bertz CT molecular complexity index is 1250. The van der Waals surface area contributed by atoms with Crippen molar-refractivity contribution in [3.63, 3.8) is 0 Å². The summed E-state index contributed by atoms with van der Waals surface area (Å²) in [6.07, 6.45) is 5.98. The number of carbonyl (C=O) groups excluding carboxylic acids is 3. The fourth-order valence-electron chi connectivity index (χ4n) is 6.16. The van der Waals surface area contributed by atoms with Crippen LogP contribution in [0.25, 0.3) is 0 Å². The maximum absolute atomic E-state index is 13.6. The largest absolute Gasteiger partial charge is 0.491 e. The molecule has 5 rings (SSSR count). The summed E-state index contributed by atoms with van der Waals surface area (Å²) in [5, 5.41) is 9.83. The number of ether oxygens (including phenoxy) is 1. The molecule has 3 unspecified atom stereocenters. The normalized spacial score (nSPS) is 26.1. The lowest BCUT2D eigenvalue weighted by atomic mass is 9.86. The third-order valence-corrected chi connectivity index (χ3v) is 9.30. The van der Waals surface area contributed by atoms with E-state index in [2.05, 4.69) is 16.0 Å². The first-order valence-electron chi connectivity index (χ1n) is 14.5. The summed E-state index contributed by atoms with van der Waals surface area (Å²) >= 11 is 1.50. The number of piperidine rings is 2.